The van der Waals surface area contributed by atoms with Crippen molar-refractivity contribution >= 4 is 57.0 Å². The first-order chi connectivity index (χ1) is 20.1. The van der Waals surface area contributed by atoms with Crippen LogP contribution in [0.3, 0.4) is 0 Å². The number of carbonyl (C=O) groups is 4. The van der Waals surface area contributed by atoms with Crippen LogP contribution in [0.1, 0.15) is 85.0 Å². The largest absolute Gasteiger partial charge is 0.444 e. The summed E-state index contributed by atoms with van der Waals surface area (Å²) in [6.07, 6.45) is 5.64. The molecule has 1 aliphatic carbocycles. The summed E-state index contributed by atoms with van der Waals surface area (Å²) in [7, 11) is -4.37. The zero-order chi connectivity index (χ0) is 31.6. The molecule has 2 aliphatic heterocycles. The SMILES string of the molecule is CC(C)(C)OC(=O)N[C@H]1CCCCCCC[C@@H]2C[C@@]2(C(=O)NS(=O)(=O)c2ccc(Cl)cc2Cl)NC(=O)[C@@H]2CCCN2C1=O. The Morgan fingerprint density at radius 1 is 1.02 bits per heavy atom. The van der Waals surface area contributed by atoms with Gasteiger partial charge in [0.05, 0.1) is 5.02 Å². The lowest BCUT2D eigenvalue weighted by Crippen LogP contribution is -2.58. The Labute approximate surface area is 262 Å². The monoisotopic (exact) mass is 658 g/mol. The third kappa shape index (κ3) is 8.13. The first-order valence-corrected chi connectivity index (χ1v) is 17.0. The molecule has 2 heterocycles. The zero-order valence-corrected chi connectivity index (χ0v) is 27.0. The highest BCUT2D eigenvalue weighted by atomic mass is 35.5. The Bertz CT molecular complexity index is 1370. The van der Waals surface area contributed by atoms with Gasteiger partial charge in [0.2, 0.25) is 11.8 Å². The second-order valence-corrected chi connectivity index (χ2v) is 15.1. The van der Waals surface area contributed by atoms with Gasteiger partial charge < -0.3 is 20.3 Å². The number of alkyl carbamates (subject to hydrolysis) is 1. The van der Waals surface area contributed by atoms with Gasteiger partial charge in [0.25, 0.3) is 15.9 Å². The van der Waals surface area contributed by atoms with Crippen molar-refractivity contribution in [3.8, 4) is 0 Å². The van der Waals surface area contributed by atoms with Crippen molar-refractivity contribution in [2.75, 3.05) is 6.54 Å². The van der Waals surface area contributed by atoms with Crippen molar-refractivity contribution in [2.24, 2.45) is 5.92 Å². The van der Waals surface area contributed by atoms with Crippen LogP contribution in [0.2, 0.25) is 10.0 Å². The Hall–Kier alpha value is -2.57. The molecule has 3 aliphatic rings. The van der Waals surface area contributed by atoms with Gasteiger partial charge in [-0.05, 0) is 77.0 Å². The van der Waals surface area contributed by atoms with E-state index < -0.39 is 51.2 Å². The van der Waals surface area contributed by atoms with Crippen LogP contribution < -0.4 is 15.4 Å². The molecule has 0 aromatic heterocycles. The van der Waals surface area contributed by atoms with Crippen molar-refractivity contribution in [3.63, 3.8) is 0 Å². The van der Waals surface area contributed by atoms with E-state index in [1.165, 1.54) is 23.1 Å². The minimum atomic E-state index is -4.37. The van der Waals surface area contributed by atoms with Gasteiger partial charge in [0.15, 0.2) is 0 Å². The van der Waals surface area contributed by atoms with E-state index in [0.717, 1.165) is 25.7 Å². The molecule has 14 heteroatoms. The number of benzene rings is 1. The Morgan fingerprint density at radius 3 is 2.37 bits per heavy atom. The molecule has 1 saturated carbocycles. The highest BCUT2D eigenvalue weighted by molar-refractivity contribution is 7.90. The number of nitrogens with one attached hydrogen (secondary N) is 3. The molecular formula is C29H40Cl2N4O7S. The summed E-state index contributed by atoms with van der Waals surface area (Å²) in [5.74, 6) is -2.02. The molecule has 43 heavy (non-hydrogen) atoms. The molecule has 4 rings (SSSR count). The molecule has 1 aromatic carbocycles. The van der Waals surface area contributed by atoms with Gasteiger partial charge in [0, 0.05) is 11.6 Å². The summed E-state index contributed by atoms with van der Waals surface area (Å²) >= 11 is 12.0. The minimum Gasteiger partial charge on any atom is -0.444 e. The molecule has 0 unspecified atom stereocenters. The normalized spacial score (nSPS) is 27.1. The number of amides is 4. The number of sulfonamides is 1. The number of carbonyl (C=O) groups excluding carboxylic acids is 4. The maximum absolute atomic E-state index is 13.7. The van der Waals surface area contributed by atoms with Crippen molar-refractivity contribution in [2.45, 2.75) is 113 Å². The Balaban J connectivity index is 1.56. The average Bonchev–Trinajstić information content (AvgIpc) is 3.35. The Morgan fingerprint density at radius 2 is 1.70 bits per heavy atom. The van der Waals surface area contributed by atoms with Crippen LogP contribution in [0, 0.1) is 5.92 Å². The molecule has 11 nitrogen and oxygen atoms in total. The van der Waals surface area contributed by atoms with Gasteiger partial charge in [-0.15, -0.1) is 0 Å². The van der Waals surface area contributed by atoms with Crippen molar-refractivity contribution in [3.05, 3.63) is 28.2 Å². The van der Waals surface area contributed by atoms with E-state index in [2.05, 4.69) is 15.4 Å². The van der Waals surface area contributed by atoms with E-state index in [4.69, 9.17) is 27.9 Å². The van der Waals surface area contributed by atoms with E-state index in [-0.39, 0.29) is 33.2 Å². The van der Waals surface area contributed by atoms with Gasteiger partial charge in [-0.3, -0.25) is 14.4 Å². The molecular weight excluding hydrogens is 619 g/mol. The molecule has 1 aromatic rings. The van der Waals surface area contributed by atoms with Gasteiger partial charge in [-0.1, -0.05) is 55.3 Å². The molecule has 0 spiro atoms. The predicted octanol–water partition coefficient (Wildman–Crippen LogP) is 4.30. The smallest absolute Gasteiger partial charge is 0.408 e. The first-order valence-electron chi connectivity index (χ1n) is 14.8. The fourth-order valence-electron chi connectivity index (χ4n) is 5.91. The predicted molar refractivity (Wildman–Crippen MR) is 161 cm³/mol. The van der Waals surface area contributed by atoms with Crippen LogP contribution in [0.25, 0.3) is 0 Å². The molecule has 238 valence electrons. The van der Waals surface area contributed by atoms with E-state index in [1.807, 2.05) is 0 Å². The van der Waals surface area contributed by atoms with Gasteiger partial charge in [0.1, 0.15) is 28.1 Å². The maximum Gasteiger partial charge on any atom is 0.408 e. The molecule has 4 atom stereocenters. The maximum atomic E-state index is 13.7. The third-order valence-electron chi connectivity index (χ3n) is 8.14. The van der Waals surface area contributed by atoms with Crippen molar-refractivity contribution < 1.29 is 32.3 Å². The fraction of sp³-hybridized carbons (Fsp3) is 0.655. The van der Waals surface area contributed by atoms with Gasteiger partial charge in [-0.25, -0.2) is 17.9 Å². The van der Waals surface area contributed by atoms with E-state index in [0.29, 0.717) is 38.6 Å². The zero-order valence-electron chi connectivity index (χ0n) is 24.7. The topological polar surface area (TPSA) is 151 Å². The number of hydrogen-bond donors (Lipinski definition) is 3. The number of halogens is 2. The molecule has 4 amide bonds. The van der Waals surface area contributed by atoms with Crippen LogP contribution in [0.5, 0.6) is 0 Å². The van der Waals surface area contributed by atoms with Crippen LogP contribution in [-0.4, -0.2) is 66.9 Å². The number of ether oxygens (including phenoxy) is 1. The van der Waals surface area contributed by atoms with Crippen LogP contribution in [-0.2, 0) is 29.1 Å². The second-order valence-electron chi connectivity index (χ2n) is 12.6. The highest BCUT2D eigenvalue weighted by Gasteiger charge is 2.62. The van der Waals surface area contributed by atoms with E-state index in [1.54, 1.807) is 20.8 Å². The molecule has 0 bridgehead atoms. The lowest BCUT2D eigenvalue weighted by Gasteiger charge is -2.30. The minimum absolute atomic E-state index is 0.140. The quantitative estimate of drug-likeness (QED) is 0.436. The number of hydrogen-bond acceptors (Lipinski definition) is 7. The highest BCUT2D eigenvalue weighted by Crippen LogP contribution is 2.48. The van der Waals surface area contributed by atoms with Crippen molar-refractivity contribution in [1.82, 2.24) is 20.3 Å². The average molecular weight is 660 g/mol. The van der Waals surface area contributed by atoms with Gasteiger partial charge >= 0.3 is 6.09 Å². The van der Waals surface area contributed by atoms with Gasteiger partial charge in [-0.2, -0.15) is 0 Å². The number of rotatable bonds is 4. The summed E-state index contributed by atoms with van der Waals surface area (Å²) in [5.41, 5.74) is -2.18. The standard InChI is InChI=1S/C29H40Cl2N4O7S/c1-28(2,3)42-27(39)32-21-11-8-6-4-5-7-10-18-17-29(18,33-24(36)22-12-9-15-35(22)25(21)37)26(38)34-43(40,41)23-14-13-19(30)16-20(23)31/h13-14,16,18,21-22H,4-12,15,17H2,1-3H3,(H,32,39)(H,33,36)(H,34,38)/t18-,21+,22+,29-/m1/s1. The lowest BCUT2D eigenvalue weighted by atomic mass is 10.0. The molecule has 0 radical (unpaired) electrons. The number of nitrogens with zero attached hydrogens (tertiary/aromatic N) is 1. The van der Waals surface area contributed by atoms with Crippen LogP contribution >= 0.6 is 23.2 Å². The number of fused-ring (bicyclic) bond motifs is 2. The van der Waals surface area contributed by atoms with Crippen LogP contribution in [0.15, 0.2) is 23.1 Å². The lowest BCUT2D eigenvalue weighted by molar-refractivity contribution is -0.141. The van der Waals surface area contributed by atoms with E-state index >= 15 is 0 Å². The first kappa shape index (κ1) is 33.3. The third-order valence-corrected chi connectivity index (χ3v) is 10.2. The van der Waals surface area contributed by atoms with Crippen molar-refractivity contribution in [1.29, 1.82) is 0 Å². The molecule has 3 fully saturated rings. The Kier molecular flexibility index (Phi) is 10.2. The fourth-order valence-corrected chi connectivity index (χ4v) is 7.72. The summed E-state index contributed by atoms with van der Waals surface area (Å²) in [5, 5.41) is 5.64. The molecule has 2 saturated heterocycles. The summed E-state index contributed by atoms with van der Waals surface area (Å²) < 4.78 is 33.7. The summed E-state index contributed by atoms with van der Waals surface area (Å²) in [6, 6.07) is 2.10. The summed E-state index contributed by atoms with van der Waals surface area (Å²) in [4.78, 5) is 54.7. The van der Waals surface area contributed by atoms with E-state index in [9.17, 15) is 27.6 Å². The molecule has 3 N–H and O–H groups in total. The summed E-state index contributed by atoms with van der Waals surface area (Å²) in [6.45, 7) is 5.52. The second kappa shape index (κ2) is 13.2. The van der Waals surface area contributed by atoms with Crippen LogP contribution in [0.4, 0.5) is 4.79 Å².